The number of fused-ring (bicyclic) bond motifs is 4. The highest BCUT2D eigenvalue weighted by Crippen LogP contribution is 2.46. The molecule has 7 aromatic rings. The molecular weight excluding hydrogens is 811 g/mol. The van der Waals surface area contributed by atoms with Crippen LogP contribution in [0.25, 0.3) is 44.3 Å². The number of aromatic nitrogens is 7. The lowest BCUT2D eigenvalue weighted by Gasteiger charge is -2.34. The fourth-order valence-electron chi connectivity index (χ4n) is 8.51. The first kappa shape index (κ1) is 40.6. The number of ether oxygens (including phenoxy) is 1. The van der Waals surface area contributed by atoms with Crippen molar-refractivity contribution in [1.29, 1.82) is 0 Å². The van der Waals surface area contributed by atoms with Crippen molar-refractivity contribution in [2.45, 2.75) is 60.0 Å². The maximum absolute atomic E-state index is 15.4. The second-order valence-electron chi connectivity index (χ2n) is 15.5. The van der Waals surface area contributed by atoms with Crippen LogP contribution < -0.4 is 9.64 Å². The SMILES string of the molecule is Cc1cc(OCCCc2c3n(c4c(-c5c(C)nn(C)c5C)c(Cl)ccc24)[C@H](C)CN(c2cn(CCOS(C)(=O)=O)c4ccc(-c5ncn(C)n5)cc24)C3=O)cc(C)c1Cl. The van der Waals surface area contributed by atoms with Crippen molar-refractivity contribution in [2.75, 3.05) is 30.9 Å². The molecule has 5 heterocycles. The Morgan fingerprint density at radius 3 is 2.34 bits per heavy atom. The molecule has 0 saturated carbocycles. The van der Waals surface area contributed by atoms with E-state index in [1.807, 2.05) is 105 Å². The lowest BCUT2D eigenvalue weighted by Crippen LogP contribution is -2.42. The minimum Gasteiger partial charge on any atom is -0.494 e. The van der Waals surface area contributed by atoms with Gasteiger partial charge in [-0.2, -0.15) is 18.6 Å². The minimum absolute atomic E-state index is 0.0672. The number of nitrogens with zero attached hydrogens (tertiary/aromatic N) is 8. The van der Waals surface area contributed by atoms with Crippen LogP contribution in [0, 0.1) is 27.7 Å². The average molecular weight is 858 g/mol. The van der Waals surface area contributed by atoms with Crippen LogP contribution in [0.5, 0.6) is 5.75 Å². The highest BCUT2D eigenvalue weighted by Gasteiger charge is 2.38. The van der Waals surface area contributed by atoms with Crippen molar-refractivity contribution in [3.05, 3.63) is 98.8 Å². The summed E-state index contributed by atoms with van der Waals surface area (Å²) in [5, 5.41) is 12.3. The van der Waals surface area contributed by atoms with E-state index >= 15 is 4.79 Å². The summed E-state index contributed by atoms with van der Waals surface area (Å²) < 4.78 is 42.8. The molecule has 4 aromatic heterocycles. The van der Waals surface area contributed by atoms with Gasteiger partial charge in [0, 0.05) is 77.6 Å². The number of aryl methyl sites for hydroxylation is 6. The zero-order chi connectivity index (χ0) is 42.1. The summed E-state index contributed by atoms with van der Waals surface area (Å²) in [7, 11) is 0.0728. The Bertz CT molecular complexity index is 2900. The van der Waals surface area contributed by atoms with E-state index < -0.39 is 10.1 Å². The van der Waals surface area contributed by atoms with E-state index in [1.54, 1.807) is 11.0 Å². The monoisotopic (exact) mass is 856 g/mol. The third kappa shape index (κ3) is 7.40. The van der Waals surface area contributed by atoms with Gasteiger partial charge >= 0.3 is 0 Å². The molecule has 1 amide bonds. The maximum atomic E-state index is 15.4. The van der Waals surface area contributed by atoms with Crippen molar-refractivity contribution < 1.29 is 22.1 Å². The second kappa shape index (κ2) is 15.5. The summed E-state index contributed by atoms with van der Waals surface area (Å²) in [5.41, 5.74) is 10.2. The largest absolute Gasteiger partial charge is 0.494 e. The van der Waals surface area contributed by atoms with Crippen LogP contribution in [0.1, 0.15) is 58.0 Å². The molecule has 0 saturated heterocycles. The minimum atomic E-state index is -3.66. The Morgan fingerprint density at radius 1 is 0.932 bits per heavy atom. The molecule has 0 spiro atoms. The van der Waals surface area contributed by atoms with Gasteiger partial charge in [0.1, 0.15) is 17.8 Å². The lowest BCUT2D eigenvalue weighted by atomic mass is 9.98. The van der Waals surface area contributed by atoms with Gasteiger partial charge in [0.15, 0.2) is 5.82 Å². The zero-order valence-corrected chi connectivity index (χ0v) is 36.6. The number of carbonyl (C=O) groups excluding carboxylic acids is 1. The van der Waals surface area contributed by atoms with E-state index in [9.17, 15) is 8.42 Å². The summed E-state index contributed by atoms with van der Waals surface area (Å²) in [6, 6.07) is 13.5. The van der Waals surface area contributed by atoms with Gasteiger partial charge in [0.25, 0.3) is 16.0 Å². The van der Waals surface area contributed by atoms with Gasteiger partial charge in [-0.1, -0.05) is 29.3 Å². The molecule has 13 nitrogen and oxygen atoms in total. The fourth-order valence-corrected chi connectivity index (χ4v) is 9.25. The molecule has 0 aliphatic carbocycles. The lowest BCUT2D eigenvalue weighted by molar-refractivity contribution is 0.0957. The quantitative estimate of drug-likeness (QED) is 0.0883. The molecule has 8 rings (SSSR count). The smallest absolute Gasteiger partial charge is 0.275 e. The Hall–Kier alpha value is -5.15. The number of benzene rings is 3. The molecule has 1 aliphatic rings. The first-order chi connectivity index (χ1) is 28.0. The van der Waals surface area contributed by atoms with Gasteiger partial charge < -0.3 is 18.8 Å². The topological polar surface area (TPSA) is 131 Å². The summed E-state index contributed by atoms with van der Waals surface area (Å²) in [6.45, 7) is 11.0. The van der Waals surface area contributed by atoms with E-state index in [0.29, 0.717) is 48.2 Å². The molecular formula is C43H46Cl2N8O5S. The molecule has 0 N–H and O–H groups in total. The van der Waals surface area contributed by atoms with Crippen LogP contribution >= 0.6 is 23.2 Å². The van der Waals surface area contributed by atoms with E-state index in [-0.39, 0.29) is 25.1 Å². The van der Waals surface area contributed by atoms with Gasteiger partial charge in [-0.25, -0.2) is 4.98 Å². The highest BCUT2D eigenvalue weighted by atomic mass is 35.5. The average Bonchev–Trinajstić information content (AvgIpc) is 3.92. The van der Waals surface area contributed by atoms with Crippen LogP contribution in [0.2, 0.25) is 10.0 Å². The molecule has 0 radical (unpaired) electrons. The van der Waals surface area contributed by atoms with Crippen LogP contribution in [0.3, 0.4) is 0 Å². The Labute approximate surface area is 353 Å². The predicted octanol–water partition coefficient (Wildman–Crippen LogP) is 8.54. The number of amides is 1. The number of anilines is 1. The van der Waals surface area contributed by atoms with E-state index in [2.05, 4.69) is 21.6 Å². The Kier molecular flexibility index (Phi) is 10.6. The van der Waals surface area contributed by atoms with E-state index in [4.69, 9.17) is 37.2 Å². The standard InChI is InChI=1S/C43H46Cl2N8O5S/c1-24-18-30(19-25(2)39(24)45)57-16-9-10-31-32-12-13-34(44)38(37-27(4)47-50(7)28(37)5)40(32)53-26(3)21-52(43(54)41(31)53)36-22-51(15-17-58-59(8,55)56)35-14-11-29(20-33(35)36)42-46-23-49(6)48-42/h11-14,18-20,22-23,26H,9-10,15-17,21H2,1-8H3/t26-/m1/s1. The second-order valence-corrected chi connectivity index (χ2v) is 17.9. The molecule has 3 aromatic carbocycles. The van der Waals surface area contributed by atoms with Gasteiger partial charge in [-0.15, -0.1) is 0 Å². The summed E-state index contributed by atoms with van der Waals surface area (Å²) >= 11 is 13.6. The van der Waals surface area contributed by atoms with Gasteiger partial charge in [-0.05, 0) is 101 Å². The molecule has 0 bridgehead atoms. The van der Waals surface area contributed by atoms with Crippen LogP contribution in [-0.2, 0) is 41.4 Å². The number of halogens is 2. The first-order valence-corrected chi connectivity index (χ1v) is 22.0. The molecule has 59 heavy (non-hydrogen) atoms. The summed E-state index contributed by atoms with van der Waals surface area (Å²) in [6.07, 6.45) is 5.77. The molecule has 1 atom stereocenters. The Morgan fingerprint density at radius 2 is 1.68 bits per heavy atom. The number of hydrogen-bond donors (Lipinski definition) is 0. The van der Waals surface area contributed by atoms with Gasteiger partial charge in [-0.3, -0.25) is 18.3 Å². The Balaban J connectivity index is 1.27. The van der Waals surface area contributed by atoms with Crippen molar-refractivity contribution in [2.24, 2.45) is 14.1 Å². The summed E-state index contributed by atoms with van der Waals surface area (Å²) in [5.74, 6) is 1.14. The van der Waals surface area contributed by atoms with Crippen LogP contribution in [-0.4, -0.2) is 74.0 Å². The molecule has 16 heteroatoms. The third-order valence-electron chi connectivity index (χ3n) is 11.2. The maximum Gasteiger partial charge on any atom is 0.275 e. The fraction of sp³-hybridized carbons (Fsp3) is 0.349. The van der Waals surface area contributed by atoms with E-state index in [1.165, 1.54) is 0 Å². The third-order valence-corrected chi connectivity index (χ3v) is 12.7. The molecule has 0 unspecified atom stereocenters. The van der Waals surface area contributed by atoms with Crippen molar-refractivity contribution in [3.63, 3.8) is 0 Å². The normalized spacial score (nSPS) is 14.6. The van der Waals surface area contributed by atoms with Crippen molar-refractivity contribution in [1.82, 2.24) is 33.7 Å². The number of carbonyl (C=O) groups is 1. The molecule has 0 fully saturated rings. The molecule has 1 aliphatic heterocycles. The predicted molar refractivity (Wildman–Crippen MR) is 232 cm³/mol. The van der Waals surface area contributed by atoms with Gasteiger partial charge in [0.05, 0.1) is 46.9 Å². The van der Waals surface area contributed by atoms with Crippen molar-refractivity contribution in [3.8, 4) is 28.3 Å². The van der Waals surface area contributed by atoms with Crippen LogP contribution in [0.4, 0.5) is 5.69 Å². The molecule has 308 valence electrons. The zero-order valence-electron chi connectivity index (χ0n) is 34.3. The van der Waals surface area contributed by atoms with Gasteiger partial charge in [0.2, 0.25) is 0 Å². The summed E-state index contributed by atoms with van der Waals surface area (Å²) in [4.78, 5) is 21.7. The highest BCUT2D eigenvalue weighted by molar-refractivity contribution is 7.85. The number of rotatable bonds is 12. The van der Waals surface area contributed by atoms with Crippen LogP contribution in [0.15, 0.2) is 55.0 Å². The van der Waals surface area contributed by atoms with Crippen molar-refractivity contribution >= 4 is 66.7 Å². The van der Waals surface area contributed by atoms with E-state index in [0.717, 1.165) is 83.6 Å². The number of hydrogen-bond acceptors (Lipinski definition) is 8. The first-order valence-electron chi connectivity index (χ1n) is 19.4.